The van der Waals surface area contributed by atoms with Crippen molar-refractivity contribution in [1.29, 1.82) is 0 Å². The molecule has 2 aromatic heterocycles. The summed E-state index contributed by atoms with van der Waals surface area (Å²) in [7, 11) is -4.30. The molecule has 0 unspecified atom stereocenters. The Bertz CT molecular complexity index is 1590. The Kier molecular flexibility index (Phi) is 7.12. The average molecular weight is 530 g/mol. The van der Waals surface area contributed by atoms with Gasteiger partial charge in [-0.05, 0) is 52.0 Å². The van der Waals surface area contributed by atoms with Gasteiger partial charge in [-0.15, -0.1) is 0 Å². The van der Waals surface area contributed by atoms with Gasteiger partial charge in [-0.25, -0.2) is 27.2 Å². The van der Waals surface area contributed by atoms with Crippen molar-refractivity contribution >= 4 is 38.3 Å². The number of aromatic amines is 1. The van der Waals surface area contributed by atoms with E-state index >= 15 is 4.39 Å². The zero-order valence-electron chi connectivity index (χ0n) is 20.5. The van der Waals surface area contributed by atoms with Crippen LogP contribution < -0.4 is 14.8 Å². The number of benzene rings is 2. The summed E-state index contributed by atoms with van der Waals surface area (Å²) in [5.74, 6) is -2.89. The number of anilines is 2. The third-order valence-electron chi connectivity index (χ3n) is 5.19. The normalized spacial score (nSPS) is 11.8. The lowest BCUT2D eigenvalue weighted by Crippen LogP contribution is -2.17. The first-order valence-corrected chi connectivity index (χ1v) is 12.9. The van der Waals surface area contributed by atoms with Crippen LogP contribution in [0.2, 0.25) is 0 Å². The molecule has 3 N–H and O–H groups in total. The number of aromatic nitrogens is 3. The number of carbonyl (C=O) groups excluding carboxylic acids is 1. The quantitative estimate of drug-likeness (QED) is 0.264. The number of fused-ring (bicyclic) bond motifs is 1. The van der Waals surface area contributed by atoms with E-state index in [1.807, 2.05) is 13.8 Å². The third kappa shape index (κ3) is 5.38. The van der Waals surface area contributed by atoms with Gasteiger partial charge in [0, 0.05) is 18.3 Å². The zero-order chi connectivity index (χ0) is 26.9. The highest BCUT2D eigenvalue weighted by Crippen LogP contribution is 2.31. The lowest BCUT2D eigenvalue weighted by molar-refractivity contribution is 0.103. The molecule has 0 atom stereocenters. The Morgan fingerprint density at radius 2 is 1.84 bits per heavy atom. The van der Waals surface area contributed by atoms with Gasteiger partial charge in [0.1, 0.15) is 29.4 Å². The van der Waals surface area contributed by atoms with Crippen molar-refractivity contribution in [3.63, 3.8) is 0 Å². The number of nitrogens with one attached hydrogen (secondary N) is 3. The second-order valence-electron chi connectivity index (χ2n) is 8.81. The number of ether oxygens (including phenoxy) is 1. The van der Waals surface area contributed by atoms with E-state index in [9.17, 15) is 17.6 Å². The first kappa shape index (κ1) is 26.0. The first-order valence-electron chi connectivity index (χ1n) is 11.4. The van der Waals surface area contributed by atoms with E-state index in [4.69, 9.17) is 4.74 Å². The number of halogens is 2. The van der Waals surface area contributed by atoms with Crippen LogP contribution in [0.15, 0.2) is 53.8 Å². The second kappa shape index (κ2) is 10.1. The van der Waals surface area contributed by atoms with E-state index in [0.29, 0.717) is 17.2 Å². The van der Waals surface area contributed by atoms with Crippen molar-refractivity contribution < 1.29 is 26.7 Å². The Morgan fingerprint density at radius 1 is 1.08 bits per heavy atom. The van der Waals surface area contributed by atoms with Crippen LogP contribution >= 0.6 is 0 Å². The van der Waals surface area contributed by atoms with Gasteiger partial charge in [-0.3, -0.25) is 9.52 Å². The molecule has 0 aliphatic heterocycles. The Morgan fingerprint density at radius 3 is 2.54 bits per heavy atom. The average Bonchev–Trinajstić information content (AvgIpc) is 3.26. The molecule has 0 aliphatic carbocycles. The highest BCUT2D eigenvalue weighted by molar-refractivity contribution is 7.92. The lowest BCUT2D eigenvalue weighted by atomic mass is 10.0. The Balaban J connectivity index is 1.73. The van der Waals surface area contributed by atoms with Crippen LogP contribution in [0.4, 0.5) is 20.3 Å². The lowest BCUT2D eigenvalue weighted by Gasteiger charge is -2.14. The van der Waals surface area contributed by atoms with E-state index in [1.54, 1.807) is 19.9 Å². The molecule has 4 aromatic rings. The van der Waals surface area contributed by atoms with Crippen LogP contribution in [0.5, 0.6) is 5.75 Å². The summed E-state index contributed by atoms with van der Waals surface area (Å²) in [6.45, 7) is 7.30. The van der Waals surface area contributed by atoms with E-state index < -0.39 is 38.7 Å². The SMILES string of the molecule is CC(C)Nc1ncnc2[nH]cc(C(=O)c3c(F)ccc(NS(=O)(=O)c4cccc(OC(C)C)c4)c3F)c12. The summed E-state index contributed by atoms with van der Waals surface area (Å²) in [4.78, 5) is 24.2. The molecule has 4 rings (SSSR count). The fraction of sp³-hybridized carbons (Fsp3) is 0.240. The van der Waals surface area contributed by atoms with Crippen molar-refractivity contribution in [3.05, 3.63) is 71.7 Å². The smallest absolute Gasteiger partial charge is 0.262 e. The van der Waals surface area contributed by atoms with Gasteiger partial charge in [0.2, 0.25) is 5.78 Å². The van der Waals surface area contributed by atoms with Crippen LogP contribution in [0, 0.1) is 11.6 Å². The molecule has 0 fully saturated rings. The van der Waals surface area contributed by atoms with E-state index in [0.717, 1.165) is 12.1 Å². The molecular weight excluding hydrogens is 504 g/mol. The molecule has 9 nitrogen and oxygen atoms in total. The molecule has 37 heavy (non-hydrogen) atoms. The third-order valence-corrected chi connectivity index (χ3v) is 6.55. The highest BCUT2D eigenvalue weighted by Gasteiger charge is 2.27. The molecule has 0 amide bonds. The monoisotopic (exact) mass is 529 g/mol. The van der Waals surface area contributed by atoms with Gasteiger partial charge < -0.3 is 15.0 Å². The number of hydrogen-bond acceptors (Lipinski definition) is 7. The fourth-order valence-electron chi connectivity index (χ4n) is 3.69. The van der Waals surface area contributed by atoms with Gasteiger partial charge >= 0.3 is 0 Å². The van der Waals surface area contributed by atoms with Crippen molar-refractivity contribution in [2.45, 2.75) is 44.7 Å². The van der Waals surface area contributed by atoms with Crippen LogP contribution in [0.3, 0.4) is 0 Å². The van der Waals surface area contributed by atoms with Crippen LogP contribution in [-0.2, 0) is 10.0 Å². The maximum Gasteiger partial charge on any atom is 0.262 e. The van der Waals surface area contributed by atoms with Crippen molar-refractivity contribution in [2.75, 3.05) is 10.0 Å². The minimum atomic E-state index is -4.30. The summed E-state index contributed by atoms with van der Waals surface area (Å²) < 4.78 is 63.9. The standard InChI is InChI=1S/C25H25F2N5O4S/c1-13(2)31-25-20-17(11-28-24(20)29-12-30-25)23(33)21-18(26)8-9-19(22(21)27)32-37(34,35)16-7-5-6-15(10-16)36-14(3)4/h5-14,32H,1-4H3,(H2,28,29,30,31). The molecular formula is C25H25F2N5O4S. The van der Waals surface area contributed by atoms with E-state index in [1.165, 1.54) is 30.7 Å². The minimum Gasteiger partial charge on any atom is -0.491 e. The molecule has 194 valence electrons. The number of sulfonamides is 1. The predicted molar refractivity (Wildman–Crippen MR) is 135 cm³/mol. The molecule has 2 aromatic carbocycles. The van der Waals surface area contributed by atoms with Gasteiger partial charge in [-0.1, -0.05) is 6.07 Å². The largest absolute Gasteiger partial charge is 0.491 e. The maximum atomic E-state index is 15.5. The number of H-pyrrole nitrogens is 1. The summed E-state index contributed by atoms with van der Waals surface area (Å²) >= 11 is 0. The van der Waals surface area contributed by atoms with Crippen molar-refractivity contribution in [1.82, 2.24) is 15.0 Å². The first-order chi connectivity index (χ1) is 17.5. The second-order valence-corrected chi connectivity index (χ2v) is 10.5. The van der Waals surface area contributed by atoms with Crippen LogP contribution in [-0.4, -0.2) is 41.3 Å². The molecule has 12 heteroatoms. The summed E-state index contributed by atoms with van der Waals surface area (Å²) in [6.07, 6.45) is 2.37. The minimum absolute atomic E-state index is 0.0494. The summed E-state index contributed by atoms with van der Waals surface area (Å²) in [6, 6.07) is 7.34. The van der Waals surface area contributed by atoms with Crippen LogP contribution in [0.25, 0.3) is 11.0 Å². The molecule has 0 aliphatic rings. The van der Waals surface area contributed by atoms with Gasteiger partial charge in [0.15, 0.2) is 5.82 Å². The molecule has 2 heterocycles. The van der Waals surface area contributed by atoms with Gasteiger partial charge in [-0.2, -0.15) is 0 Å². The molecule has 0 radical (unpaired) electrons. The molecule has 0 bridgehead atoms. The number of ketones is 1. The number of carbonyl (C=O) groups is 1. The molecule has 0 saturated heterocycles. The van der Waals surface area contributed by atoms with Crippen molar-refractivity contribution in [3.8, 4) is 5.75 Å². The highest BCUT2D eigenvalue weighted by atomic mass is 32.2. The topological polar surface area (TPSA) is 126 Å². The fourth-order valence-corrected chi connectivity index (χ4v) is 4.78. The predicted octanol–water partition coefficient (Wildman–Crippen LogP) is 4.88. The number of nitrogens with zero attached hydrogens (tertiary/aromatic N) is 2. The number of rotatable bonds is 9. The molecule has 0 spiro atoms. The van der Waals surface area contributed by atoms with Gasteiger partial charge in [0.25, 0.3) is 10.0 Å². The van der Waals surface area contributed by atoms with Crippen molar-refractivity contribution in [2.24, 2.45) is 0 Å². The maximum absolute atomic E-state index is 15.5. The summed E-state index contributed by atoms with van der Waals surface area (Å²) in [5, 5.41) is 3.33. The Labute approximate surface area is 212 Å². The number of hydrogen-bond donors (Lipinski definition) is 3. The van der Waals surface area contributed by atoms with E-state index in [-0.39, 0.29) is 28.0 Å². The van der Waals surface area contributed by atoms with Crippen LogP contribution in [0.1, 0.15) is 43.6 Å². The Hall–Kier alpha value is -4.06. The van der Waals surface area contributed by atoms with Gasteiger partial charge in [0.05, 0.1) is 33.2 Å². The summed E-state index contributed by atoms with van der Waals surface area (Å²) in [5.41, 5.74) is -1.29. The van der Waals surface area contributed by atoms with E-state index in [2.05, 4.69) is 25.0 Å². The molecule has 0 saturated carbocycles. The zero-order valence-corrected chi connectivity index (χ0v) is 21.3.